The molecule has 0 saturated heterocycles. The van der Waals surface area contributed by atoms with E-state index in [1.54, 1.807) is 86.0 Å². The van der Waals surface area contributed by atoms with Gasteiger partial charge >= 0.3 is 5.97 Å². The van der Waals surface area contributed by atoms with Gasteiger partial charge in [-0.2, -0.15) is 0 Å². The fourth-order valence-electron chi connectivity index (χ4n) is 3.57. The first-order valence-electron chi connectivity index (χ1n) is 10.9. The predicted octanol–water partition coefficient (Wildman–Crippen LogP) is 4.30. The second kappa shape index (κ2) is 10.5. The highest BCUT2D eigenvalue weighted by Crippen LogP contribution is 2.17. The van der Waals surface area contributed by atoms with E-state index in [1.165, 1.54) is 4.57 Å². The van der Waals surface area contributed by atoms with Gasteiger partial charge in [0.2, 0.25) is 0 Å². The third kappa shape index (κ3) is 5.62. The Kier molecular flexibility index (Phi) is 7.02. The van der Waals surface area contributed by atoms with Gasteiger partial charge in [-0.05, 0) is 60.2 Å². The molecule has 4 aromatic rings. The zero-order chi connectivity index (χ0) is 24.8. The Morgan fingerprint density at radius 1 is 1.03 bits per heavy atom. The van der Waals surface area contributed by atoms with Crippen LogP contribution in [0, 0.1) is 0 Å². The monoisotopic (exact) mass is 469 g/mol. The van der Waals surface area contributed by atoms with Crippen LogP contribution in [0.4, 0.5) is 5.69 Å². The molecule has 0 bridgehead atoms. The number of amides is 1. The number of rotatable bonds is 8. The van der Waals surface area contributed by atoms with Crippen LogP contribution in [0.1, 0.15) is 28.2 Å². The minimum absolute atomic E-state index is 0.00360. The molecule has 0 aliphatic carbocycles. The number of para-hydroxylation sites is 1. The summed E-state index contributed by atoms with van der Waals surface area (Å²) < 4.78 is 6.48. The van der Waals surface area contributed by atoms with Gasteiger partial charge in [0, 0.05) is 17.8 Å². The van der Waals surface area contributed by atoms with E-state index in [4.69, 9.17) is 9.84 Å². The fraction of sp³-hybridized carbons (Fsp3) is 0.111. The molecular formula is C27H23N3O5. The van der Waals surface area contributed by atoms with Crippen molar-refractivity contribution in [2.75, 3.05) is 12.4 Å². The van der Waals surface area contributed by atoms with Crippen molar-refractivity contribution in [1.29, 1.82) is 0 Å². The minimum Gasteiger partial charge on any atom is -0.497 e. The summed E-state index contributed by atoms with van der Waals surface area (Å²) in [5, 5.41) is 12.4. The van der Waals surface area contributed by atoms with Crippen LogP contribution in [0.3, 0.4) is 0 Å². The van der Waals surface area contributed by atoms with E-state index in [-0.39, 0.29) is 24.4 Å². The normalized spacial score (nSPS) is 11.0. The minimum atomic E-state index is -1.000. The van der Waals surface area contributed by atoms with E-state index < -0.39 is 5.97 Å². The first-order valence-corrected chi connectivity index (χ1v) is 10.9. The topological polar surface area (TPSA) is 111 Å². The molecule has 0 fully saturated rings. The molecule has 1 heterocycles. The van der Waals surface area contributed by atoms with Gasteiger partial charge in [0.05, 0.1) is 24.4 Å². The summed E-state index contributed by atoms with van der Waals surface area (Å²) in [6, 6.07) is 21.0. The molecule has 176 valence electrons. The first kappa shape index (κ1) is 23.4. The van der Waals surface area contributed by atoms with Crippen LogP contribution in [0.5, 0.6) is 5.75 Å². The number of carboxylic acids is 1. The Morgan fingerprint density at radius 3 is 2.54 bits per heavy atom. The third-order valence-electron chi connectivity index (χ3n) is 5.36. The average molecular weight is 469 g/mol. The molecule has 2 N–H and O–H groups in total. The van der Waals surface area contributed by atoms with Crippen LogP contribution < -0.4 is 15.6 Å². The number of aromatic nitrogens is 2. The van der Waals surface area contributed by atoms with E-state index in [0.717, 1.165) is 5.56 Å². The molecule has 0 aliphatic rings. The molecule has 0 unspecified atom stereocenters. The molecule has 4 rings (SSSR count). The molecule has 0 saturated carbocycles. The number of aliphatic carboxylic acids is 1. The summed E-state index contributed by atoms with van der Waals surface area (Å²) in [7, 11) is 1.56. The highest BCUT2D eigenvalue weighted by atomic mass is 16.5. The van der Waals surface area contributed by atoms with Crippen molar-refractivity contribution >= 4 is 40.6 Å². The second-order valence-electron chi connectivity index (χ2n) is 7.73. The molecular weight excluding hydrogens is 446 g/mol. The number of hydrogen-bond donors (Lipinski definition) is 2. The van der Waals surface area contributed by atoms with E-state index >= 15 is 0 Å². The smallest absolute Gasteiger partial charge is 0.305 e. The predicted molar refractivity (Wildman–Crippen MR) is 135 cm³/mol. The van der Waals surface area contributed by atoms with Crippen molar-refractivity contribution in [3.8, 4) is 5.75 Å². The second-order valence-corrected chi connectivity index (χ2v) is 7.73. The summed E-state index contributed by atoms with van der Waals surface area (Å²) in [4.78, 5) is 41.2. The largest absolute Gasteiger partial charge is 0.497 e. The Hall–Kier alpha value is -4.72. The summed E-state index contributed by atoms with van der Waals surface area (Å²) in [5.41, 5.74) is 2.10. The molecule has 8 nitrogen and oxygen atoms in total. The summed E-state index contributed by atoms with van der Waals surface area (Å²) in [5.74, 6) is -0.242. The van der Waals surface area contributed by atoms with Crippen molar-refractivity contribution in [3.63, 3.8) is 0 Å². The van der Waals surface area contributed by atoms with Gasteiger partial charge in [-0.3, -0.25) is 19.0 Å². The molecule has 1 aromatic heterocycles. The number of nitrogens with one attached hydrogen (secondary N) is 1. The highest BCUT2D eigenvalue weighted by Gasteiger charge is 2.11. The number of anilines is 1. The first-order chi connectivity index (χ1) is 16.9. The van der Waals surface area contributed by atoms with Crippen molar-refractivity contribution in [3.05, 3.63) is 100 Å². The SMILES string of the molecule is COc1ccc(C(=O)Nc2cccc(C=Cc3nc4ccccc4c(=O)n3CCC(=O)O)c2)cc1. The summed E-state index contributed by atoms with van der Waals surface area (Å²) >= 11 is 0. The summed E-state index contributed by atoms with van der Waals surface area (Å²) in [6.45, 7) is 0.00360. The van der Waals surface area contributed by atoms with Crippen molar-refractivity contribution in [1.82, 2.24) is 9.55 Å². The maximum atomic E-state index is 13.0. The number of nitrogens with zero attached hydrogens (tertiary/aromatic N) is 2. The van der Waals surface area contributed by atoms with Crippen molar-refractivity contribution in [2.24, 2.45) is 0 Å². The molecule has 35 heavy (non-hydrogen) atoms. The number of benzene rings is 3. The lowest BCUT2D eigenvalue weighted by Gasteiger charge is -2.10. The van der Waals surface area contributed by atoms with Gasteiger partial charge in [-0.15, -0.1) is 0 Å². The Morgan fingerprint density at radius 2 is 1.80 bits per heavy atom. The quantitative estimate of drug-likeness (QED) is 0.398. The van der Waals surface area contributed by atoms with Crippen LogP contribution in [-0.2, 0) is 11.3 Å². The van der Waals surface area contributed by atoms with Crippen molar-refractivity contribution < 1.29 is 19.4 Å². The summed E-state index contributed by atoms with van der Waals surface area (Å²) in [6.07, 6.45) is 3.23. The zero-order valence-electron chi connectivity index (χ0n) is 19.0. The number of hydrogen-bond acceptors (Lipinski definition) is 5. The van der Waals surface area contributed by atoms with E-state index in [9.17, 15) is 14.4 Å². The fourth-order valence-corrected chi connectivity index (χ4v) is 3.57. The Labute approximate surface area is 201 Å². The zero-order valence-corrected chi connectivity index (χ0v) is 19.0. The molecule has 0 radical (unpaired) electrons. The number of fused-ring (bicyclic) bond motifs is 1. The van der Waals surface area contributed by atoms with E-state index in [2.05, 4.69) is 10.3 Å². The lowest BCUT2D eigenvalue weighted by molar-refractivity contribution is -0.137. The molecule has 1 amide bonds. The van der Waals surface area contributed by atoms with Crippen molar-refractivity contribution in [2.45, 2.75) is 13.0 Å². The van der Waals surface area contributed by atoms with Crippen LogP contribution in [-0.4, -0.2) is 33.6 Å². The maximum absolute atomic E-state index is 13.0. The van der Waals surface area contributed by atoms with Gasteiger partial charge in [-0.25, -0.2) is 4.98 Å². The maximum Gasteiger partial charge on any atom is 0.305 e. The lowest BCUT2D eigenvalue weighted by Crippen LogP contribution is -2.25. The number of methoxy groups -OCH3 is 1. The molecule has 8 heteroatoms. The number of carbonyl (C=O) groups excluding carboxylic acids is 1. The molecule has 0 spiro atoms. The molecule has 0 aliphatic heterocycles. The lowest BCUT2D eigenvalue weighted by atomic mass is 10.1. The Bertz CT molecular complexity index is 1470. The van der Waals surface area contributed by atoms with Gasteiger partial charge in [-0.1, -0.05) is 30.3 Å². The Balaban J connectivity index is 1.60. The van der Waals surface area contributed by atoms with Gasteiger partial charge in [0.1, 0.15) is 11.6 Å². The van der Waals surface area contributed by atoms with Gasteiger partial charge in [0.25, 0.3) is 11.5 Å². The van der Waals surface area contributed by atoms with Crippen LogP contribution in [0.2, 0.25) is 0 Å². The highest BCUT2D eigenvalue weighted by molar-refractivity contribution is 6.04. The van der Waals surface area contributed by atoms with E-state index in [0.29, 0.717) is 33.7 Å². The number of carboxylic acid groups (broad SMARTS) is 1. The number of ether oxygens (including phenoxy) is 1. The van der Waals surface area contributed by atoms with E-state index in [1.807, 2.05) is 6.07 Å². The molecule has 3 aromatic carbocycles. The molecule has 0 atom stereocenters. The van der Waals surface area contributed by atoms with Crippen LogP contribution in [0.15, 0.2) is 77.6 Å². The van der Waals surface area contributed by atoms with Gasteiger partial charge < -0.3 is 15.2 Å². The van der Waals surface area contributed by atoms with Gasteiger partial charge in [0.15, 0.2) is 0 Å². The third-order valence-corrected chi connectivity index (χ3v) is 5.36. The average Bonchev–Trinajstić information content (AvgIpc) is 2.87. The number of carbonyl (C=O) groups is 2. The van der Waals surface area contributed by atoms with Crippen LogP contribution >= 0.6 is 0 Å². The van der Waals surface area contributed by atoms with Crippen LogP contribution in [0.25, 0.3) is 23.1 Å². The standard InChI is InChI=1S/C27H23N3O5/c1-35-21-12-10-19(11-13-21)26(33)28-20-6-4-5-18(17-20)9-14-24-29-23-8-3-2-7-22(23)27(34)30(24)16-15-25(31)32/h2-14,17H,15-16H2,1H3,(H,28,33)(H,31,32).